The van der Waals surface area contributed by atoms with E-state index in [1.807, 2.05) is 49.1 Å². The highest BCUT2D eigenvalue weighted by Gasteiger charge is 2.12. The number of benzene rings is 3. The first-order chi connectivity index (χ1) is 25.3. The van der Waals surface area contributed by atoms with Gasteiger partial charge in [0.05, 0.1) is 11.1 Å². The summed E-state index contributed by atoms with van der Waals surface area (Å²) in [6, 6.07) is 39.6. The Morgan fingerprint density at radius 1 is 0.365 bits per heavy atom. The van der Waals surface area contributed by atoms with Gasteiger partial charge in [-0.05, 0) is 52.6 Å². The molecule has 0 bridgehead atoms. The van der Waals surface area contributed by atoms with E-state index in [1.54, 1.807) is 24.3 Å². The summed E-state index contributed by atoms with van der Waals surface area (Å²) < 4.78 is 8.53. The third-order valence-electron chi connectivity index (χ3n) is 9.08. The van der Waals surface area contributed by atoms with Gasteiger partial charge in [-0.3, -0.25) is 0 Å². The summed E-state index contributed by atoms with van der Waals surface area (Å²) in [7, 11) is 0. The molecule has 0 aliphatic heterocycles. The summed E-state index contributed by atoms with van der Waals surface area (Å²) in [6.45, 7) is 2.89. The Morgan fingerprint density at radius 3 is 0.904 bits per heavy atom. The normalized spacial score (nSPS) is 10.9. The van der Waals surface area contributed by atoms with Crippen LogP contribution in [-0.2, 0) is 26.2 Å². The van der Waals surface area contributed by atoms with Crippen LogP contribution in [0.1, 0.15) is 43.0 Å². The lowest BCUT2D eigenvalue weighted by Crippen LogP contribution is -2.34. The number of carboxylic acid groups (broad SMARTS) is 2. The molecule has 0 saturated carbocycles. The molecule has 8 heteroatoms. The molecule has 254 valence electrons. The first-order valence-corrected chi connectivity index (χ1v) is 17.0. The van der Waals surface area contributed by atoms with Crippen LogP contribution in [0.2, 0.25) is 0 Å². The predicted molar refractivity (Wildman–Crippen MR) is 194 cm³/mol. The molecule has 0 unspecified atom stereocenters. The quantitative estimate of drug-likeness (QED) is 0.160. The third kappa shape index (κ3) is 8.49. The van der Waals surface area contributed by atoms with Gasteiger partial charge >= 0.3 is 11.9 Å². The number of carboxylic acids is 2. The maximum absolute atomic E-state index is 11.1. The molecule has 0 saturated heterocycles. The van der Waals surface area contributed by atoms with Crippen LogP contribution >= 0.6 is 0 Å². The van der Waals surface area contributed by atoms with Crippen LogP contribution in [-0.4, -0.2) is 22.2 Å². The highest BCUT2D eigenvalue weighted by atomic mass is 16.4. The van der Waals surface area contributed by atoms with E-state index in [4.69, 9.17) is 10.2 Å². The fourth-order valence-corrected chi connectivity index (χ4v) is 6.20. The lowest BCUT2D eigenvalue weighted by Gasteiger charge is -2.04. The number of carbonyl (C=O) groups is 2. The van der Waals surface area contributed by atoms with E-state index in [2.05, 4.69) is 116 Å². The van der Waals surface area contributed by atoms with Crippen LogP contribution in [0.15, 0.2) is 171 Å². The molecule has 52 heavy (non-hydrogen) atoms. The second-order valence-corrected chi connectivity index (χ2v) is 12.9. The molecule has 0 amide bonds. The fourth-order valence-electron chi connectivity index (χ4n) is 6.20. The maximum Gasteiger partial charge on any atom is 0.335 e. The fraction of sp³-hybridized carbons (Fsp3) is 0.0909. The largest absolute Gasteiger partial charge is 0.478 e. The van der Waals surface area contributed by atoms with Gasteiger partial charge in [-0.1, -0.05) is 42.5 Å². The van der Waals surface area contributed by atoms with E-state index in [9.17, 15) is 9.59 Å². The van der Waals surface area contributed by atoms with Gasteiger partial charge in [0.1, 0.15) is 0 Å². The molecule has 0 fully saturated rings. The van der Waals surface area contributed by atoms with Gasteiger partial charge in [-0.25, -0.2) is 27.9 Å². The smallest absolute Gasteiger partial charge is 0.335 e. The van der Waals surface area contributed by atoms with Gasteiger partial charge in [-0.2, -0.15) is 0 Å². The molecule has 8 nitrogen and oxygen atoms in total. The lowest BCUT2D eigenvalue weighted by atomic mass is 10.1. The summed E-state index contributed by atoms with van der Waals surface area (Å²) in [5.41, 5.74) is 9.69. The van der Waals surface area contributed by atoms with Gasteiger partial charge in [0.2, 0.25) is 0 Å². The number of rotatable bonds is 12. The first kappa shape index (κ1) is 33.7. The number of aromatic nitrogens is 4. The standard InChI is InChI=1S/C44H36N4O4/c49-43(50)41-8-4-33(5-9-41)29-45-20-12-37(13-21-45)39-16-24-47(25-17-39)31-35-2-1-3-36(28-35)32-48-26-18-40(19-27-48)38-14-22-46(23-15-38)30-34-6-10-42(11-7-34)44(51)52/h1-28H,29-32H2/q+2/p+2. The highest BCUT2D eigenvalue weighted by molar-refractivity contribution is 5.88. The zero-order valence-corrected chi connectivity index (χ0v) is 28.5. The molecule has 7 aromatic rings. The zero-order chi connectivity index (χ0) is 35.9. The SMILES string of the molecule is O=C(O)c1ccc(C[n+]2ccc(-c3cc[n+](Cc4cccc(C[n+]5ccc(-c6cc[n+](Cc7ccc(C(=O)O)cc7)cc6)cc5)c4)cc3)cc2)cc1. The number of pyridine rings is 4. The second kappa shape index (κ2) is 15.4. The van der Waals surface area contributed by atoms with Crippen molar-refractivity contribution in [2.75, 3.05) is 0 Å². The van der Waals surface area contributed by atoms with E-state index >= 15 is 0 Å². The zero-order valence-electron chi connectivity index (χ0n) is 28.5. The minimum atomic E-state index is -0.916. The van der Waals surface area contributed by atoms with Crippen LogP contribution < -0.4 is 18.3 Å². The van der Waals surface area contributed by atoms with E-state index in [0.717, 1.165) is 46.5 Å². The van der Waals surface area contributed by atoms with Crippen molar-refractivity contribution < 1.29 is 38.1 Å². The number of hydrogen-bond acceptors (Lipinski definition) is 2. The monoisotopic (exact) mass is 686 g/mol. The van der Waals surface area contributed by atoms with Gasteiger partial charge in [0.15, 0.2) is 75.8 Å². The van der Waals surface area contributed by atoms with Crippen molar-refractivity contribution in [1.82, 2.24) is 0 Å². The van der Waals surface area contributed by atoms with E-state index in [-0.39, 0.29) is 0 Å². The lowest BCUT2D eigenvalue weighted by molar-refractivity contribution is -0.689. The van der Waals surface area contributed by atoms with E-state index in [1.165, 1.54) is 11.1 Å². The molecule has 0 radical (unpaired) electrons. The molecule has 0 atom stereocenters. The van der Waals surface area contributed by atoms with Crippen molar-refractivity contribution >= 4 is 11.9 Å². The number of nitrogens with zero attached hydrogens (tertiary/aromatic N) is 4. The van der Waals surface area contributed by atoms with E-state index in [0.29, 0.717) is 24.2 Å². The number of aromatic carboxylic acids is 2. The Kier molecular flexibility index (Phi) is 9.97. The van der Waals surface area contributed by atoms with E-state index < -0.39 is 11.9 Å². The average Bonchev–Trinajstić information content (AvgIpc) is 3.17. The molecule has 3 aromatic carbocycles. The molecule has 0 aliphatic carbocycles. The molecule has 0 spiro atoms. The number of hydrogen-bond donors (Lipinski definition) is 2. The Bertz CT molecular complexity index is 2140. The van der Waals surface area contributed by atoms with Gasteiger partial charge in [0.25, 0.3) is 0 Å². The van der Waals surface area contributed by atoms with Crippen molar-refractivity contribution in [3.63, 3.8) is 0 Å². The molecule has 7 rings (SSSR count). The van der Waals surface area contributed by atoms with Crippen LogP contribution in [0.5, 0.6) is 0 Å². The maximum atomic E-state index is 11.1. The second-order valence-electron chi connectivity index (χ2n) is 12.9. The van der Waals surface area contributed by atoms with Crippen molar-refractivity contribution in [3.05, 3.63) is 204 Å². The molecule has 0 aliphatic rings. The van der Waals surface area contributed by atoms with Crippen molar-refractivity contribution in [2.45, 2.75) is 26.2 Å². The Hall–Kier alpha value is -6.80. The van der Waals surface area contributed by atoms with Crippen molar-refractivity contribution in [3.8, 4) is 22.3 Å². The van der Waals surface area contributed by atoms with Crippen LogP contribution in [0.3, 0.4) is 0 Å². The minimum absolute atomic E-state index is 0.293. The highest BCUT2D eigenvalue weighted by Crippen LogP contribution is 2.18. The Labute approximate surface area is 302 Å². The minimum Gasteiger partial charge on any atom is -0.478 e. The summed E-state index contributed by atoms with van der Waals surface area (Å²) in [5, 5.41) is 18.2. The average molecular weight is 687 g/mol. The van der Waals surface area contributed by atoms with Crippen molar-refractivity contribution in [1.29, 1.82) is 0 Å². The van der Waals surface area contributed by atoms with Crippen LogP contribution in [0.25, 0.3) is 22.3 Å². The van der Waals surface area contributed by atoms with Crippen molar-refractivity contribution in [2.24, 2.45) is 0 Å². The van der Waals surface area contributed by atoms with Gasteiger partial charge < -0.3 is 10.2 Å². The molecule has 4 heterocycles. The first-order valence-electron chi connectivity index (χ1n) is 17.0. The van der Waals surface area contributed by atoms with Gasteiger partial charge in [-0.15, -0.1) is 0 Å². The molecular formula is C44H38N4O4+4. The summed E-state index contributed by atoms with van der Waals surface area (Å²) in [4.78, 5) is 22.2. The molecule has 4 aromatic heterocycles. The summed E-state index contributed by atoms with van der Waals surface area (Å²) >= 11 is 0. The van der Waals surface area contributed by atoms with Crippen LogP contribution in [0, 0.1) is 0 Å². The molecule has 2 N–H and O–H groups in total. The van der Waals surface area contributed by atoms with Crippen LogP contribution in [0.4, 0.5) is 0 Å². The Morgan fingerprint density at radius 2 is 0.635 bits per heavy atom. The third-order valence-corrected chi connectivity index (χ3v) is 9.08. The summed E-state index contributed by atoms with van der Waals surface area (Å²) in [5.74, 6) is -1.83. The Balaban J connectivity index is 0.927. The molecular weight excluding hydrogens is 649 g/mol. The van der Waals surface area contributed by atoms with Gasteiger partial charge in [0, 0.05) is 70.8 Å². The topological polar surface area (TPSA) is 90.1 Å². The predicted octanol–water partition coefficient (Wildman–Crippen LogP) is 5.76. The summed E-state index contributed by atoms with van der Waals surface area (Å²) in [6.07, 6.45) is 16.6.